The lowest BCUT2D eigenvalue weighted by Gasteiger charge is -1.99. The number of hydrogen-bond donors (Lipinski definition) is 2. The molecule has 4 heteroatoms. The standard InChI is InChI=1S/C10H11NO3/c1-2-3-4-7-5-6-8(10(13)14)9(12)11-7/h2,5-6H,1,3-4H2,(H,11,12)(H,13,14). The molecule has 4 nitrogen and oxygen atoms in total. The number of nitrogens with one attached hydrogen (secondary N) is 1. The summed E-state index contributed by atoms with van der Waals surface area (Å²) in [5, 5.41) is 8.60. The molecule has 0 unspecified atom stereocenters. The fourth-order valence-electron chi connectivity index (χ4n) is 1.09. The number of aromatic amines is 1. The number of carboxylic acid groups (broad SMARTS) is 1. The second-order valence-electron chi connectivity index (χ2n) is 2.86. The van der Waals surface area contributed by atoms with E-state index in [-0.39, 0.29) is 5.56 Å². The number of hydrogen-bond acceptors (Lipinski definition) is 2. The first-order valence-electron chi connectivity index (χ1n) is 4.21. The SMILES string of the molecule is C=CCCc1ccc(C(=O)O)c(=O)[nH]1. The van der Waals surface area contributed by atoms with Gasteiger partial charge in [-0.2, -0.15) is 0 Å². The molecule has 1 aromatic rings. The third kappa shape index (κ3) is 2.32. The maximum atomic E-state index is 11.2. The molecule has 0 aliphatic rings. The predicted molar refractivity (Wildman–Crippen MR) is 52.5 cm³/mol. The van der Waals surface area contributed by atoms with Crippen molar-refractivity contribution in [1.82, 2.24) is 4.98 Å². The van der Waals surface area contributed by atoms with Crippen LogP contribution in [0.4, 0.5) is 0 Å². The zero-order valence-electron chi connectivity index (χ0n) is 7.62. The van der Waals surface area contributed by atoms with Crippen LogP contribution < -0.4 is 5.56 Å². The summed E-state index contributed by atoms with van der Waals surface area (Å²) in [5.41, 5.74) is -0.0636. The number of aromatic nitrogens is 1. The van der Waals surface area contributed by atoms with Gasteiger partial charge in [0.15, 0.2) is 0 Å². The highest BCUT2D eigenvalue weighted by Gasteiger charge is 2.07. The predicted octanol–water partition coefficient (Wildman–Crippen LogP) is 1.19. The maximum Gasteiger partial charge on any atom is 0.341 e. The lowest BCUT2D eigenvalue weighted by atomic mass is 10.2. The summed E-state index contributed by atoms with van der Waals surface area (Å²) < 4.78 is 0. The van der Waals surface area contributed by atoms with Gasteiger partial charge in [-0.15, -0.1) is 6.58 Å². The molecule has 2 N–H and O–H groups in total. The summed E-state index contributed by atoms with van der Waals surface area (Å²) in [6.07, 6.45) is 3.16. The van der Waals surface area contributed by atoms with Crippen molar-refractivity contribution in [2.75, 3.05) is 0 Å². The maximum absolute atomic E-state index is 11.2. The van der Waals surface area contributed by atoms with Crippen molar-refractivity contribution in [2.24, 2.45) is 0 Å². The van der Waals surface area contributed by atoms with Crippen LogP contribution in [0.5, 0.6) is 0 Å². The molecular weight excluding hydrogens is 182 g/mol. The number of H-pyrrole nitrogens is 1. The number of aromatic carboxylic acids is 1. The Bertz CT molecular complexity index is 406. The molecule has 0 amide bonds. The van der Waals surface area contributed by atoms with Crippen LogP contribution in [0.15, 0.2) is 29.6 Å². The molecule has 0 saturated carbocycles. The quantitative estimate of drug-likeness (QED) is 0.705. The minimum Gasteiger partial charge on any atom is -0.477 e. The van der Waals surface area contributed by atoms with Gasteiger partial charge in [-0.3, -0.25) is 4.79 Å². The molecule has 0 aliphatic carbocycles. The van der Waals surface area contributed by atoms with E-state index in [0.29, 0.717) is 6.42 Å². The fourth-order valence-corrected chi connectivity index (χ4v) is 1.09. The van der Waals surface area contributed by atoms with E-state index in [1.165, 1.54) is 6.07 Å². The molecule has 0 saturated heterocycles. The normalized spacial score (nSPS) is 9.71. The van der Waals surface area contributed by atoms with Crippen molar-refractivity contribution in [1.29, 1.82) is 0 Å². The van der Waals surface area contributed by atoms with Crippen molar-refractivity contribution in [3.8, 4) is 0 Å². The number of carbonyl (C=O) groups is 1. The largest absolute Gasteiger partial charge is 0.477 e. The van der Waals surface area contributed by atoms with Crippen LogP contribution >= 0.6 is 0 Å². The van der Waals surface area contributed by atoms with E-state index in [1.807, 2.05) is 0 Å². The first kappa shape index (κ1) is 10.2. The molecule has 0 atom stereocenters. The molecule has 14 heavy (non-hydrogen) atoms. The van der Waals surface area contributed by atoms with Crippen molar-refractivity contribution < 1.29 is 9.90 Å². The van der Waals surface area contributed by atoms with Crippen molar-refractivity contribution in [3.63, 3.8) is 0 Å². The van der Waals surface area contributed by atoms with Crippen LogP contribution in [-0.2, 0) is 6.42 Å². The first-order chi connectivity index (χ1) is 6.65. The average molecular weight is 193 g/mol. The van der Waals surface area contributed by atoms with Crippen LogP contribution in [-0.4, -0.2) is 16.1 Å². The monoisotopic (exact) mass is 193 g/mol. The minimum absolute atomic E-state index is 0.229. The second kappa shape index (κ2) is 4.41. The van der Waals surface area contributed by atoms with E-state index in [0.717, 1.165) is 12.1 Å². The molecule has 0 aliphatic heterocycles. The third-order valence-electron chi connectivity index (χ3n) is 1.82. The molecule has 0 bridgehead atoms. The van der Waals surface area contributed by atoms with E-state index in [9.17, 15) is 9.59 Å². The molecule has 0 aromatic carbocycles. The second-order valence-corrected chi connectivity index (χ2v) is 2.86. The molecule has 74 valence electrons. The first-order valence-corrected chi connectivity index (χ1v) is 4.21. The molecule has 1 heterocycles. The van der Waals surface area contributed by atoms with Gasteiger partial charge in [0.1, 0.15) is 5.56 Å². The highest BCUT2D eigenvalue weighted by Crippen LogP contribution is 1.99. The van der Waals surface area contributed by atoms with E-state index in [2.05, 4.69) is 11.6 Å². The van der Waals surface area contributed by atoms with Gasteiger partial charge in [0.05, 0.1) is 0 Å². The van der Waals surface area contributed by atoms with Gasteiger partial charge in [0.2, 0.25) is 0 Å². The number of allylic oxidation sites excluding steroid dienone is 1. The van der Waals surface area contributed by atoms with E-state index < -0.39 is 11.5 Å². The summed E-state index contributed by atoms with van der Waals surface area (Å²) in [6.45, 7) is 3.56. The van der Waals surface area contributed by atoms with Gasteiger partial charge in [0, 0.05) is 5.69 Å². The number of carboxylic acids is 1. The highest BCUT2D eigenvalue weighted by atomic mass is 16.4. The van der Waals surface area contributed by atoms with Crippen molar-refractivity contribution in [3.05, 3.63) is 46.4 Å². The minimum atomic E-state index is -1.21. The summed E-state index contributed by atoms with van der Waals surface area (Å²) in [4.78, 5) is 24.2. The molecule has 1 aromatic heterocycles. The summed E-state index contributed by atoms with van der Waals surface area (Å²) in [7, 11) is 0. The zero-order valence-corrected chi connectivity index (χ0v) is 7.62. The Labute approximate surface area is 80.9 Å². The van der Waals surface area contributed by atoms with Gasteiger partial charge < -0.3 is 10.1 Å². The van der Waals surface area contributed by atoms with E-state index in [4.69, 9.17) is 5.11 Å². The Morgan fingerprint density at radius 2 is 2.29 bits per heavy atom. The molecule has 0 spiro atoms. The molecule has 1 rings (SSSR count). The van der Waals surface area contributed by atoms with Crippen LogP contribution in [0, 0.1) is 0 Å². The summed E-state index contributed by atoms with van der Waals surface area (Å²) >= 11 is 0. The van der Waals surface area contributed by atoms with Gasteiger partial charge in [-0.05, 0) is 25.0 Å². The fraction of sp³-hybridized carbons (Fsp3) is 0.200. The smallest absolute Gasteiger partial charge is 0.341 e. The number of rotatable bonds is 4. The topological polar surface area (TPSA) is 70.2 Å². The number of aryl methyl sites for hydroxylation is 1. The van der Waals surface area contributed by atoms with Crippen LogP contribution in [0.1, 0.15) is 22.5 Å². The lowest BCUT2D eigenvalue weighted by molar-refractivity contribution is 0.0695. The van der Waals surface area contributed by atoms with E-state index in [1.54, 1.807) is 12.1 Å². The van der Waals surface area contributed by atoms with Gasteiger partial charge in [-0.1, -0.05) is 6.08 Å². The lowest BCUT2D eigenvalue weighted by Crippen LogP contribution is -2.18. The van der Waals surface area contributed by atoms with Crippen molar-refractivity contribution >= 4 is 5.97 Å². The Hall–Kier alpha value is -1.84. The Morgan fingerprint density at radius 1 is 1.57 bits per heavy atom. The van der Waals surface area contributed by atoms with Gasteiger partial charge in [-0.25, -0.2) is 4.79 Å². The summed E-state index contributed by atoms with van der Waals surface area (Å²) in [5.74, 6) is -1.21. The molecule has 0 radical (unpaired) electrons. The number of pyridine rings is 1. The summed E-state index contributed by atoms with van der Waals surface area (Å²) in [6, 6.07) is 2.92. The van der Waals surface area contributed by atoms with Crippen LogP contribution in [0.25, 0.3) is 0 Å². The Balaban J connectivity index is 2.95. The third-order valence-corrected chi connectivity index (χ3v) is 1.82. The highest BCUT2D eigenvalue weighted by molar-refractivity contribution is 5.86. The Morgan fingerprint density at radius 3 is 2.79 bits per heavy atom. The zero-order chi connectivity index (χ0) is 10.6. The van der Waals surface area contributed by atoms with Crippen LogP contribution in [0.2, 0.25) is 0 Å². The van der Waals surface area contributed by atoms with Gasteiger partial charge in [0.25, 0.3) is 5.56 Å². The average Bonchev–Trinajstić information content (AvgIpc) is 2.14. The van der Waals surface area contributed by atoms with Crippen LogP contribution in [0.3, 0.4) is 0 Å². The molecular formula is C10H11NO3. The van der Waals surface area contributed by atoms with E-state index >= 15 is 0 Å². The molecule has 0 fully saturated rings. The Kier molecular flexibility index (Phi) is 3.23. The van der Waals surface area contributed by atoms with Crippen molar-refractivity contribution in [2.45, 2.75) is 12.8 Å². The van der Waals surface area contributed by atoms with Gasteiger partial charge >= 0.3 is 5.97 Å².